The van der Waals surface area contributed by atoms with Crippen molar-refractivity contribution in [3.63, 3.8) is 0 Å². The molecule has 21 heavy (non-hydrogen) atoms. The highest BCUT2D eigenvalue weighted by Gasteiger charge is 2.40. The highest BCUT2D eigenvalue weighted by molar-refractivity contribution is 6.05. The molecule has 102 valence electrons. The van der Waals surface area contributed by atoms with E-state index >= 15 is 0 Å². The van der Waals surface area contributed by atoms with Crippen molar-refractivity contribution < 1.29 is 4.74 Å². The second-order valence-corrected chi connectivity index (χ2v) is 4.77. The summed E-state index contributed by atoms with van der Waals surface area (Å²) in [6, 6.07) is 5.88. The number of hydrogen-bond acceptors (Lipinski definition) is 5. The Morgan fingerprint density at radius 2 is 2.19 bits per heavy atom. The highest BCUT2D eigenvalue weighted by Crippen LogP contribution is 2.35. The van der Waals surface area contributed by atoms with Gasteiger partial charge in [-0.1, -0.05) is 0 Å². The molecule has 2 N–H and O–H groups in total. The predicted octanol–water partition coefficient (Wildman–Crippen LogP) is 2.00. The van der Waals surface area contributed by atoms with Gasteiger partial charge in [0, 0.05) is 36.2 Å². The summed E-state index contributed by atoms with van der Waals surface area (Å²) in [5, 5.41) is 0. The molecule has 6 heteroatoms. The van der Waals surface area contributed by atoms with Crippen molar-refractivity contribution in [1.29, 1.82) is 0 Å². The standard InChI is InChI=1S/C15H12N5O/c16-14-10-20(6-1-4-18-15(20)19-14)12-2-3-13-11(8-12)9-17-5-7-21-13/h1-10H,16H2/q+1. The van der Waals surface area contributed by atoms with Crippen LogP contribution in [0.4, 0.5) is 5.69 Å². The van der Waals surface area contributed by atoms with Crippen molar-refractivity contribution in [3.8, 4) is 5.75 Å². The Morgan fingerprint density at radius 3 is 3.14 bits per heavy atom. The molecule has 0 spiro atoms. The van der Waals surface area contributed by atoms with E-state index in [1.165, 1.54) is 0 Å². The normalized spacial score (nSPS) is 24.8. The number of hydrogen-bond donors (Lipinski definition) is 1. The number of guanidine groups is 1. The molecule has 0 saturated carbocycles. The molecule has 1 atom stereocenters. The van der Waals surface area contributed by atoms with E-state index in [0.717, 1.165) is 17.0 Å². The predicted molar refractivity (Wildman–Crippen MR) is 82.9 cm³/mol. The molecule has 0 radical (unpaired) electrons. The molecule has 0 fully saturated rings. The Labute approximate surface area is 121 Å². The number of benzene rings is 1. The van der Waals surface area contributed by atoms with Crippen LogP contribution in [0.15, 0.2) is 69.9 Å². The molecular formula is C15H12N5O+. The first-order chi connectivity index (χ1) is 10.3. The Bertz CT molecular complexity index is 800. The molecule has 0 aromatic heterocycles. The van der Waals surface area contributed by atoms with Crippen molar-refractivity contribution in [2.75, 3.05) is 0 Å². The van der Waals surface area contributed by atoms with Crippen LogP contribution in [0.2, 0.25) is 0 Å². The summed E-state index contributed by atoms with van der Waals surface area (Å²) in [5.74, 6) is 1.84. The molecule has 6 nitrogen and oxygen atoms in total. The number of fused-ring (bicyclic) bond motifs is 2. The Morgan fingerprint density at radius 1 is 1.24 bits per heavy atom. The van der Waals surface area contributed by atoms with E-state index in [9.17, 15) is 0 Å². The molecule has 1 aromatic carbocycles. The molecule has 3 aliphatic heterocycles. The van der Waals surface area contributed by atoms with Gasteiger partial charge in [-0.15, -0.1) is 0 Å². The summed E-state index contributed by atoms with van der Waals surface area (Å²) in [4.78, 5) is 12.8. The summed E-state index contributed by atoms with van der Waals surface area (Å²) >= 11 is 0. The SMILES string of the molecule is NC1=C[N+]2(c3ccc4c(c3)C=NC=CO4)C=CC=NC2=N1. The van der Waals surface area contributed by atoms with Crippen LogP contribution in [0, 0.1) is 0 Å². The first-order valence-corrected chi connectivity index (χ1v) is 6.45. The number of nitrogens with zero attached hydrogens (tertiary/aromatic N) is 4. The van der Waals surface area contributed by atoms with Crippen molar-refractivity contribution in [2.45, 2.75) is 0 Å². The van der Waals surface area contributed by atoms with Crippen LogP contribution >= 0.6 is 0 Å². The van der Waals surface area contributed by atoms with Crippen LogP contribution < -0.4 is 15.0 Å². The van der Waals surface area contributed by atoms with E-state index in [-0.39, 0.29) is 4.48 Å². The lowest BCUT2D eigenvalue weighted by Gasteiger charge is -2.26. The van der Waals surface area contributed by atoms with Crippen LogP contribution in [0.5, 0.6) is 5.75 Å². The average Bonchev–Trinajstić information content (AvgIpc) is 2.68. The quantitative estimate of drug-likeness (QED) is 0.798. The maximum Gasteiger partial charge on any atom is 0.345 e. The lowest BCUT2D eigenvalue weighted by Crippen LogP contribution is -2.42. The zero-order valence-corrected chi connectivity index (χ0v) is 11.0. The Kier molecular flexibility index (Phi) is 2.39. The minimum atomic E-state index is 0.275. The molecule has 0 amide bonds. The van der Waals surface area contributed by atoms with E-state index in [2.05, 4.69) is 15.0 Å². The van der Waals surface area contributed by atoms with Gasteiger partial charge in [-0.05, 0) is 6.07 Å². The Balaban J connectivity index is 1.88. The second-order valence-electron chi connectivity index (χ2n) is 4.77. The smallest absolute Gasteiger partial charge is 0.345 e. The van der Waals surface area contributed by atoms with Gasteiger partial charge in [0.2, 0.25) is 0 Å². The van der Waals surface area contributed by atoms with Crippen LogP contribution in [0.3, 0.4) is 0 Å². The van der Waals surface area contributed by atoms with Crippen LogP contribution in [-0.4, -0.2) is 18.4 Å². The summed E-state index contributed by atoms with van der Waals surface area (Å²) in [7, 11) is 0. The molecule has 1 aromatic rings. The number of aliphatic imine (C=N–C) groups is 3. The maximum absolute atomic E-state index is 5.87. The molecule has 0 bridgehead atoms. The fourth-order valence-corrected chi connectivity index (χ4v) is 2.52. The third-order valence-corrected chi connectivity index (χ3v) is 3.47. The van der Waals surface area contributed by atoms with E-state index < -0.39 is 0 Å². The van der Waals surface area contributed by atoms with Crippen molar-refractivity contribution in [1.82, 2.24) is 4.48 Å². The minimum absolute atomic E-state index is 0.275. The van der Waals surface area contributed by atoms with Crippen molar-refractivity contribution in [3.05, 3.63) is 60.5 Å². The molecule has 0 saturated heterocycles. The molecule has 0 aliphatic carbocycles. The van der Waals surface area contributed by atoms with Crippen LogP contribution in [-0.2, 0) is 0 Å². The topological polar surface area (TPSA) is 72.3 Å². The second kappa shape index (κ2) is 4.26. The first kappa shape index (κ1) is 11.8. The van der Waals surface area contributed by atoms with Crippen molar-refractivity contribution in [2.24, 2.45) is 20.7 Å². The molecule has 4 rings (SSSR count). The zero-order chi connectivity index (χ0) is 14.3. The molecule has 3 aliphatic rings. The number of ether oxygens (including phenoxy) is 1. The number of quaternary nitrogens is 1. The lowest BCUT2D eigenvalue weighted by atomic mass is 10.1. The van der Waals surface area contributed by atoms with E-state index in [1.54, 1.807) is 24.9 Å². The van der Waals surface area contributed by atoms with E-state index in [4.69, 9.17) is 10.5 Å². The number of rotatable bonds is 1. The Hall–Kier alpha value is -2.99. The maximum atomic E-state index is 5.87. The highest BCUT2D eigenvalue weighted by atomic mass is 16.5. The number of allylic oxidation sites excluding steroid dienone is 1. The third-order valence-electron chi connectivity index (χ3n) is 3.47. The van der Waals surface area contributed by atoms with E-state index in [0.29, 0.717) is 11.8 Å². The van der Waals surface area contributed by atoms with E-state index in [1.807, 2.05) is 36.7 Å². The summed E-state index contributed by atoms with van der Waals surface area (Å²) in [6.45, 7) is 0. The third kappa shape index (κ3) is 1.73. The fourth-order valence-electron chi connectivity index (χ4n) is 2.52. The van der Waals surface area contributed by atoms with Gasteiger partial charge in [0.05, 0.1) is 6.20 Å². The first-order valence-electron chi connectivity index (χ1n) is 6.45. The van der Waals surface area contributed by atoms with Gasteiger partial charge in [-0.3, -0.25) is 4.99 Å². The fraction of sp³-hybridized carbons (Fsp3) is 0. The summed E-state index contributed by atoms with van der Waals surface area (Å²) < 4.78 is 5.77. The van der Waals surface area contributed by atoms with Gasteiger partial charge in [0.15, 0.2) is 17.7 Å². The van der Waals surface area contributed by atoms with Gasteiger partial charge >= 0.3 is 5.96 Å². The van der Waals surface area contributed by atoms with Gasteiger partial charge in [0.1, 0.15) is 18.2 Å². The van der Waals surface area contributed by atoms with Crippen molar-refractivity contribution >= 4 is 24.1 Å². The summed E-state index contributed by atoms with van der Waals surface area (Å²) in [5.41, 5.74) is 7.73. The number of nitrogens with two attached hydrogens (primary N) is 1. The van der Waals surface area contributed by atoms with Gasteiger partial charge in [0.25, 0.3) is 0 Å². The largest absolute Gasteiger partial charge is 0.463 e. The van der Waals surface area contributed by atoms with Gasteiger partial charge in [-0.2, -0.15) is 14.5 Å². The molecule has 1 unspecified atom stereocenters. The van der Waals surface area contributed by atoms with Crippen LogP contribution in [0.1, 0.15) is 5.56 Å². The zero-order valence-electron chi connectivity index (χ0n) is 11.0. The van der Waals surface area contributed by atoms with Gasteiger partial charge < -0.3 is 10.5 Å². The molecule has 3 heterocycles. The molecular weight excluding hydrogens is 266 g/mol. The van der Waals surface area contributed by atoms with Crippen LogP contribution in [0.25, 0.3) is 0 Å². The summed E-state index contributed by atoms with van der Waals surface area (Å²) in [6.07, 6.45) is 12.4. The average molecular weight is 278 g/mol. The minimum Gasteiger partial charge on any atom is -0.463 e. The lowest BCUT2D eigenvalue weighted by molar-refractivity contribution is 0.480. The monoisotopic (exact) mass is 278 g/mol. The van der Waals surface area contributed by atoms with Gasteiger partial charge in [-0.25, -0.2) is 0 Å².